The molecule has 5 aliphatic rings. The SMILES string of the molecule is CC1=C[C@H]2O[C@@H]3C[C@H]4OC(=O)C=CC=CC(=O)OCC[C@@H](C)[C@H](O)C(=O)OC[C@@]2(CC1)[C@]4(C)[C@]31CO1. The van der Waals surface area contributed by atoms with E-state index in [0.717, 1.165) is 6.42 Å². The van der Waals surface area contributed by atoms with Crippen LogP contribution in [0, 0.1) is 16.7 Å². The van der Waals surface area contributed by atoms with Crippen molar-refractivity contribution in [3.05, 3.63) is 36.0 Å². The lowest BCUT2D eigenvalue weighted by Gasteiger charge is -2.58. The van der Waals surface area contributed by atoms with Crippen molar-refractivity contribution in [2.75, 3.05) is 19.8 Å². The molecule has 0 unspecified atom stereocenters. The van der Waals surface area contributed by atoms with Crippen LogP contribution < -0.4 is 0 Å². The lowest BCUT2D eigenvalue weighted by Crippen LogP contribution is -2.66. The molecule has 9 heteroatoms. The Kier molecular flexibility index (Phi) is 6.37. The zero-order valence-electron chi connectivity index (χ0n) is 20.9. The summed E-state index contributed by atoms with van der Waals surface area (Å²) in [6.45, 7) is 6.34. The summed E-state index contributed by atoms with van der Waals surface area (Å²) in [5, 5.41) is 10.6. The van der Waals surface area contributed by atoms with Gasteiger partial charge in [0.1, 0.15) is 18.3 Å². The van der Waals surface area contributed by atoms with Crippen molar-refractivity contribution >= 4 is 17.9 Å². The van der Waals surface area contributed by atoms with E-state index in [9.17, 15) is 19.5 Å². The van der Waals surface area contributed by atoms with Crippen LogP contribution in [0.4, 0.5) is 0 Å². The molecule has 0 amide bonds. The number of cyclic esters (lactones) is 2. The fourth-order valence-electron chi connectivity index (χ4n) is 6.65. The largest absolute Gasteiger partial charge is 0.463 e. The average molecular weight is 503 g/mol. The summed E-state index contributed by atoms with van der Waals surface area (Å²) in [4.78, 5) is 37.6. The van der Waals surface area contributed by atoms with Gasteiger partial charge in [-0.15, -0.1) is 0 Å². The summed E-state index contributed by atoms with van der Waals surface area (Å²) < 4.78 is 29.6. The molecule has 1 saturated carbocycles. The molecular formula is C27H34O9. The van der Waals surface area contributed by atoms with E-state index >= 15 is 0 Å². The third-order valence-corrected chi connectivity index (χ3v) is 9.12. The molecule has 196 valence electrons. The van der Waals surface area contributed by atoms with Gasteiger partial charge in [-0.1, -0.05) is 37.6 Å². The molecule has 8 atom stereocenters. The van der Waals surface area contributed by atoms with Gasteiger partial charge in [-0.3, -0.25) is 0 Å². The molecule has 36 heavy (non-hydrogen) atoms. The summed E-state index contributed by atoms with van der Waals surface area (Å²) in [5.41, 5.74) is -0.820. The van der Waals surface area contributed by atoms with Crippen LogP contribution in [0.15, 0.2) is 36.0 Å². The second-order valence-electron chi connectivity index (χ2n) is 11.0. The number of epoxide rings is 1. The molecule has 2 spiro atoms. The first-order valence-corrected chi connectivity index (χ1v) is 12.7. The van der Waals surface area contributed by atoms with E-state index < -0.39 is 52.5 Å². The maximum Gasteiger partial charge on any atom is 0.335 e. The minimum atomic E-state index is -1.37. The molecular weight excluding hydrogens is 468 g/mol. The van der Waals surface area contributed by atoms with Gasteiger partial charge < -0.3 is 28.8 Å². The number of ether oxygens (including phenoxy) is 5. The zero-order chi connectivity index (χ0) is 25.7. The number of hydrogen-bond acceptors (Lipinski definition) is 9. The molecule has 0 aromatic heterocycles. The van der Waals surface area contributed by atoms with Crippen LogP contribution >= 0.6 is 0 Å². The van der Waals surface area contributed by atoms with E-state index in [0.29, 0.717) is 19.4 Å². The maximum absolute atomic E-state index is 12.9. The van der Waals surface area contributed by atoms with Crippen molar-refractivity contribution in [1.29, 1.82) is 0 Å². The van der Waals surface area contributed by atoms with E-state index in [1.54, 1.807) is 6.92 Å². The number of aliphatic hydroxyl groups excluding tert-OH is 1. The Morgan fingerprint density at radius 3 is 2.47 bits per heavy atom. The Morgan fingerprint density at radius 2 is 1.75 bits per heavy atom. The monoisotopic (exact) mass is 502 g/mol. The van der Waals surface area contributed by atoms with Gasteiger partial charge in [0.2, 0.25) is 0 Å². The highest BCUT2D eigenvalue weighted by molar-refractivity contribution is 5.84. The first-order chi connectivity index (χ1) is 17.1. The maximum atomic E-state index is 12.9. The third kappa shape index (κ3) is 3.83. The second-order valence-corrected chi connectivity index (χ2v) is 11.0. The highest BCUT2D eigenvalue weighted by Crippen LogP contribution is 2.72. The Labute approximate surface area is 210 Å². The van der Waals surface area contributed by atoms with Crippen molar-refractivity contribution in [3.63, 3.8) is 0 Å². The average Bonchev–Trinajstić information content (AvgIpc) is 3.62. The van der Waals surface area contributed by atoms with E-state index in [-0.39, 0.29) is 31.8 Å². The number of allylic oxidation sites excluding steroid dienone is 3. The quantitative estimate of drug-likeness (QED) is 0.230. The van der Waals surface area contributed by atoms with Crippen molar-refractivity contribution in [2.24, 2.45) is 16.7 Å². The normalized spacial score (nSPS) is 45.1. The topological polar surface area (TPSA) is 121 Å². The van der Waals surface area contributed by atoms with Gasteiger partial charge in [0, 0.05) is 24.0 Å². The lowest BCUT2D eigenvalue weighted by molar-refractivity contribution is -0.234. The van der Waals surface area contributed by atoms with E-state index in [4.69, 9.17) is 23.7 Å². The Morgan fingerprint density at radius 1 is 1.03 bits per heavy atom. The molecule has 3 fully saturated rings. The highest BCUT2D eigenvalue weighted by atomic mass is 16.6. The molecule has 0 aromatic rings. The number of aliphatic hydroxyl groups is 1. The molecule has 9 nitrogen and oxygen atoms in total. The van der Waals surface area contributed by atoms with Crippen LogP contribution in [0.1, 0.15) is 46.5 Å². The number of hydrogen-bond donors (Lipinski definition) is 1. The molecule has 5 rings (SSSR count). The molecule has 0 aromatic carbocycles. The minimum absolute atomic E-state index is 0.00000344. The predicted octanol–water partition coefficient (Wildman–Crippen LogP) is 2.17. The van der Waals surface area contributed by atoms with E-state index in [2.05, 4.69) is 19.9 Å². The van der Waals surface area contributed by atoms with Crippen molar-refractivity contribution < 1.29 is 43.2 Å². The molecule has 0 radical (unpaired) electrons. The fourth-order valence-corrected chi connectivity index (χ4v) is 6.65. The Bertz CT molecular complexity index is 1020. The number of rotatable bonds is 0. The van der Waals surface area contributed by atoms with Crippen LogP contribution in [0.3, 0.4) is 0 Å². The van der Waals surface area contributed by atoms with E-state index in [1.807, 2.05) is 0 Å². The predicted molar refractivity (Wildman–Crippen MR) is 125 cm³/mol. The first kappa shape index (κ1) is 25.2. The summed E-state index contributed by atoms with van der Waals surface area (Å²) in [5.74, 6) is -2.34. The Hall–Kier alpha value is -2.49. The molecule has 3 heterocycles. The minimum Gasteiger partial charge on any atom is -0.463 e. The van der Waals surface area contributed by atoms with Crippen LogP contribution in [-0.2, 0) is 38.1 Å². The summed E-state index contributed by atoms with van der Waals surface area (Å²) in [7, 11) is 0. The highest BCUT2D eigenvalue weighted by Gasteiger charge is 2.83. The van der Waals surface area contributed by atoms with Crippen LogP contribution in [0.5, 0.6) is 0 Å². The van der Waals surface area contributed by atoms with Crippen LogP contribution in [0.25, 0.3) is 0 Å². The molecule has 1 N–H and O–H groups in total. The fraction of sp³-hybridized carbons (Fsp3) is 0.667. The second kappa shape index (κ2) is 9.11. The van der Waals surface area contributed by atoms with Gasteiger partial charge in [0.15, 0.2) is 6.10 Å². The van der Waals surface area contributed by atoms with Gasteiger partial charge in [-0.05, 0) is 32.1 Å². The van der Waals surface area contributed by atoms with Gasteiger partial charge in [0.05, 0.1) is 30.8 Å². The van der Waals surface area contributed by atoms with Crippen LogP contribution in [-0.4, -0.2) is 72.9 Å². The third-order valence-electron chi connectivity index (χ3n) is 9.12. The van der Waals surface area contributed by atoms with E-state index in [1.165, 1.54) is 29.9 Å². The zero-order valence-corrected chi connectivity index (χ0v) is 20.9. The lowest BCUT2D eigenvalue weighted by atomic mass is 9.51. The van der Waals surface area contributed by atoms with Crippen LogP contribution in [0.2, 0.25) is 0 Å². The van der Waals surface area contributed by atoms with Gasteiger partial charge in [-0.25, -0.2) is 14.4 Å². The number of esters is 3. The van der Waals surface area contributed by atoms with Gasteiger partial charge in [0.25, 0.3) is 0 Å². The smallest absolute Gasteiger partial charge is 0.335 e. The molecule has 2 saturated heterocycles. The molecule has 2 bridgehead atoms. The molecule has 3 aliphatic heterocycles. The summed E-state index contributed by atoms with van der Waals surface area (Å²) >= 11 is 0. The summed E-state index contributed by atoms with van der Waals surface area (Å²) in [6, 6.07) is 0. The first-order valence-electron chi connectivity index (χ1n) is 12.7. The Balaban J connectivity index is 1.52. The van der Waals surface area contributed by atoms with Crippen molar-refractivity contribution in [2.45, 2.75) is 76.5 Å². The van der Waals surface area contributed by atoms with Gasteiger partial charge >= 0.3 is 17.9 Å². The van der Waals surface area contributed by atoms with Gasteiger partial charge in [-0.2, -0.15) is 0 Å². The van der Waals surface area contributed by atoms with Crippen molar-refractivity contribution in [1.82, 2.24) is 0 Å². The number of carbonyl (C=O) groups excluding carboxylic acids is 3. The summed E-state index contributed by atoms with van der Waals surface area (Å²) in [6.07, 6.45) is 7.11. The number of carbonyl (C=O) groups is 3. The standard InChI is InChI=1S/C27H34O9/c1-16-8-10-26-14-33-24(31)23(30)17(2)9-11-32-21(28)6-4-5-7-22(29)36-18-13-20(35-19(26)12-16)27(15-34-27)25(18,26)3/h4-7,12,17-20,23,30H,8-11,13-15H2,1-3H3/t17-,18-,19-,20-,23+,25-,26-,27+/m1/s1. The molecule has 2 aliphatic carbocycles. The van der Waals surface area contributed by atoms with Crippen molar-refractivity contribution in [3.8, 4) is 0 Å².